The molecule has 0 aliphatic heterocycles. The standard InChI is InChI=1S/C19H27NO/c1-4-5-8-13-11-18(2)14-9-6-7-10-15(14)19(3,12-20)17(18)16(13)21/h4,13-15,17H,1,5-11H2,2-3H3. The highest BCUT2D eigenvalue weighted by Gasteiger charge is 2.69. The maximum Gasteiger partial charge on any atom is 0.141 e. The number of rotatable bonds is 3. The number of fused-ring (bicyclic) bond motifs is 3. The van der Waals surface area contributed by atoms with Gasteiger partial charge in [-0.25, -0.2) is 0 Å². The number of nitriles is 1. The Bertz CT molecular complexity index is 504. The van der Waals surface area contributed by atoms with E-state index in [9.17, 15) is 10.1 Å². The summed E-state index contributed by atoms with van der Waals surface area (Å²) in [5, 5.41) is 9.89. The smallest absolute Gasteiger partial charge is 0.141 e. The van der Waals surface area contributed by atoms with E-state index < -0.39 is 5.41 Å². The van der Waals surface area contributed by atoms with E-state index in [1.807, 2.05) is 6.08 Å². The van der Waals surface area contributed by atoms with Gasteiger partial charge in [-0.3, -0.25) is 4.79 Å². The van der Waals surface area contributed by atoms with Crippen molar-refractivity contribution < 1.29 is 4.79 Å². The first-order chi connectivity index (χ1) is 9.99. The third-order valence-corrected chi connectivity index (χ3v) is 6.98. The Labute approximate surface area is 128 Å². The van der Waals surface area contributed by atoms with Gasteiger partial charge in [-0.1, -0.05) is 25.8 Å². The first-order valence-electron chi connectivity index (χ1n) is 8.55. The van der Waals surface area contributed by atoms with Crippen molar-refractivity contribution in [1.82, 2.24) is 0 Å². The minimum atomic E-state index is -0.431. The van der Waals surface area contributed by atoms with Gasteiger partial charge in [-0.2, -0.15) is 5.26 Å². The monoisotopic (exact) mass is 285 g/mol. The summed E-state index contributed by atoms with van der Waals surface area (Å²) < 4.78 is 0. The van der Waals surface area contributed by atoms with Gasteiger partial charge in [0.05, 0.1) is 11.5 Å². The van der Waals surface area contributed by atoms with Crippen LogP contribution in [0.3, 0.4) is 0 Å². The molecule has 2 heteroatoms. The predicted molar refractivity (Wildman–Crippen MR) is 83.3 cm³/mol. The van der Waals surface area contributed by atoms with E-state index in [1.54, 1.807) is 0 Å². The number of allylic oxidation sites excluding steroid dienone is 1. The van der Waals surface area contributed by atoms with E-state index in [4.69, 9.17) is 0 Å². The number of nitrogens with zero attached hydrogens (tertiary/aromatic N) is 1. The predicted octanol–water partition coefficient (Wildman–Crippen LogP) is 4.51. The summed E-state index contributed by atoms with van der Waals surface area (Å²) in [6, 6.07) is 2.60. The van der Waals surface area contributed by atoms with Gasteiger partial charge in [0.25, 0.3) is 0 Å². The minimum Gasteiger partial charge on any atom is -0.299 e. The van der Waals surface area contributed by atoms with E-state index in [1.165, 1.54) is 19.3 Å². The van der Waals surface area contributed by atoms with Crippen LogP contribution in [0.2, 0.25) is 0 Å². The summed E-state index contributed by atoms with van der Waals surface area (Å²) in [6.07, 6.45) is 9.62. The molecule has 0 bridgehead atoms. The lowest BCUT2D eigenvalue weighted by Gasteiger charge is -2.37. The fourth-order valence-electron chi connectivity index (χ4n) is 6.22. The number of Topliss-reactive ketones (excluding diaryl/α,β-unsaturated/α-hetero) is 1. The highest BCUT2D eigenvalue weighted by molar-refractivity contribution is 5.88. The fraction of sp³-hybridized carbons (Fsp3) is 0.789. The Morgan fingerprint density at radius 2 is 2.00 bits per heavy atom. The van der Waals surface area contributed by atoms with Gasteiger partial charge >= 0.3 is 0 Å². The van der Waals surface area contributed by atoms with Crippen LogP contribution in [-0.2, 0) is 4.79 Å². The molecule has 3 rings (SSSR count). The lowest BCUT2D eigenvalue weighted by molar-refractivity contribution is -0.127. The van der Waals surface area contributed by atoms with Gasteiger partial charge in [-0.05, 0) is 56.3 Å². The molecule has 6 atom stereocenters. The van der Waals surface area contributed by atoms with Crippen molar-refractivity contribution in [2.24, 2.45) is 34.5 Å². The molecule has 0 aromatic carbocycles. The Balaban J connectivity index is 1.98. The zero-order valence-corrected chi connectivity index (χ0v) is 13.4. The number of ketones is 1. The molecule has 0 aromatic rings. The van der Waals surface area contributed by atoms with Crippen LogP contribution in [0.4, 0.5) is 0 Å². The van der Waals surface area contributed by atoms with E-state index in [0.29, 0.717) is 17.6 Å². The molecule has 0 heterocycles. The number of carbonyl (C=O) groups is 1. The maximum absolute atomic E-state index is 13.0. The molecule has 2 nitrogen and oxygen atoms in total. The van der Waals surface area contributed by atoms with Gasteiger partial charge in [-0.15, -0.1) is 6.58 Å². The molecule has 3 aliphatic carbocycles. The van der Waals surface area contributed by atoms with Gasteiger partial charge in [0.1, 0.15) is 5.78 Å². The van der Waals surface area contributed by atoms with Crippen LogP contribution >= 0.6 is 0 Å². The normalized spacial score (nSPS) is 48.5. The zero-order chi connectivity index (χ0) is 15.3. The van der Waals surface area contributed by atoms with E-state index in [2.05, 4.69) is 26.5 Å². The first kappa shape index (κ1) is 14.8. The molecule has 3 aliphatic rings. The van der Waals surface area contributed by atoms with Crippen LogP contribution in [0.1, 0.15) is 58.8 Å². The summed E-state index contributed by atoms with van der Waals surface area (Å²) in [4.78, 5) is 13.0. The second kappa shape index (κ2) is 4.97. The summed E-state index contributed by atoms with van der Waals surface area (Å²) in [5.41, 5.74) is -0.363. The lowest BCUT2D eigenvalue weighted by Crippen LogP contribution is -2.35. The summed E-state index contributed by atoms with van der Waals surface area (Å²) in [5.74, 6) is 1.54. The Morgan fingerprint density at radius 1 is 1.33 bits per heavy atom. The number of carbonyl (C=O) groups excluding carboxylic acids is 1. The third-order valence-electron chi connectivity index (χ3n) is 6.98. The molecule has 3 fully saturated rings. The molecule has 0 saturated heterocycles. The van der Waals surface area contributed by atoms with Crippen LogP contribution in [0.5, 0.6) is 0 Å². The second-order valence-corrected chi connectivity index (χ2v) is 8.00. The van der Waals surface area contributed by atoms with Gasteiger partial charge in [0, 0.05) is 11.8 Å². The third kappa shape index (κ3) is 1.86. The van der Waals surface area contributed by atoms with Crippen molar-refractivity contribution >= 4 is 5.78 Å². The molecular weight excluding hydrogens is 258 g/mol. The molecule has 114 valence electrons. The van der Waals surface area contributed by atoms with Crippen LogP contribution in [0, 0.1) is 45.8 Å². The summed E-state index contributed by atoms with van der Waals surface area (Å²) >= 11 is 0. The summed E-state index contributed by atoms with van der Waals surface area (Å²) in [7, 11) is 0. The average molecular weight is 285 g/mol. The maximum atomic E-state index is 13.0. The van der Waals surface area contributed by atoms with E-state index in [0.717, 1.165) is 25.7 Å². The van der Waals surface area contributed by atoms with Crippen LogP contribution < -0.4 is 0 Å². The number of hydrogen-bond donors (Lipinski definition) is 0. The molecule has 3 saturated carbocycles. The topological polar surface area (TPSA) is 40.9 Å². The van der Waals surface area contributed by atoms with Crippen molar-refractivity contribution in [1.29, 1.82) is 5.26 Å². The molecular formula is C19H27NO. The second-order valence-electron chi connectivity index (χ2n) is 8.00. The Morgan fingerprint density at radius 3 is 2.62 bits per heavy atom. The fourth-order valence-corrected chi connectivity index (χ4v) is 6.22. The minimum absolute atomic E-state index is 0.0297. The number of hydrogen-bond acceptors (Lipinski definition) is 2. The molecule has 6 unspecified atom stereocenters. The van der Waals surface area contributed by atoms with Gasteiger partial charge < -0.3 is 0 Å². The van der Waals surface area contributed by atoms with Crippen molar-refractivity contribution in [3.63, 3.8) is 0 Å². The molecule has 0 spiro atoms. The average Bonchev–Trinajstić information content (AvgIpc) is 2.87. The van der Waals surface area contributed by atoms with Crippen molar-refractivity contribution in [2.45, 2.75) is 58.8 Å². The summed E-state index contributed by atoms with van der Waals surface area (Å²) in [6.45, 7) is 8.18. The highest BCUT2D eigenvalue weighted by atomic mass is 16.1. The van der Waals surface area contributed by atoms with Crippen LogP contribution in [-0.4, -0.2) is 5.78 Å². The largest absolute Gasteiger partial charge is 0.299 e. The van der Waals surface area contributed by atoms with Crippen LogP contribution in [0.15, 0.2) is 12.7 Å². The molecule has 21 heavy (non-hydrogen) atoms. The first-order valence-corrected chi connectivity index (χ1v) is 8.55. The van der Waals surface area contributed by atoms with Gasteiger partial charge in [0.15, 0.2) is 0 Å². The van der Waals surface area contributed by atoms with Crippen molar-refractivity contribution in [2.75, 3.05) is 0 Å². The Kier molecular flexibility index (Phi) is 3.51. The SMILES string of the molecule is C=CCCC1CC2(C)C3CCCCC3C(C)(C#N)C2C1=O. The van der Waals surface area contributed by atoms with Crippen molar-refractivity contribution in [3.8, 4) is 6.07 Å². The van der Waals surface area contributed by atoms with Crippen molar-refractivity contribution in [3.05, 3.63) is 12.7 Å². The quantitative estimate of drug-likeness (QED) is 0.716. The highest BCUT2D eigenvalue weighted by Crippen LogP contribution is 2.70. The van der Waals surface area contributed by atoms with Crippen LogP contribution in [0.25, 0.3) is 0 Å². The molecule has 0 radical (unpaired) electrons. The Hall–Kier alpha value is -1.10. The lowest BCUT2D eigenvalue weighted by atomic mass is 9.66. The zero-order valence-electron chi connectivity index (χ0n) is 13.4. The molecule has 0 amide bonds. The van der Waals surface area contributed by atoms with Gasteiger partial charge in [0.2, 0.25) is 0 Å². The molecule has 0 N–H and O–H groups in total. The van der Waals surface area contributed by atoms with E-state index in [-0.39, 0.29) is 17.3 Å². The molecule has 0 aromatic heterocycles. The van der Waals surface area contributed by atoms with E-state index >= 15 is 0 Å².